The van der Waals surface area contributed by atoms with Gasteiger partial charge in [0.05, 0.1) is 0 Å². The molecule has 60 heavy (non-hydrogen) atoms. The highest BCUT2D eigenvalue weighted by Crippen LogP contribution is 2.35. The number of para-hydroxylation sites is 4. The Morgan fingerprint density at radius 2 is 0.583 bits per heavy atom. The molecule has 4 heteroatoms. The number of hydrogen-bond acceptors (Lipinski definition) is 2. The molecule has 6 aromatic carbocycles. The van der Waals surface area contributed by atoms with Crippen molar-refractivity contribution in [1.82, 2.24) is 0 Å². The van der Waals surface area contributed by atoms with Crippen LogP contribution in [0.4, 0.5) is 34.1 Å². The Morgan fingerprint density at radius 1 is 0.300 bits per heavy atom. The molecule has 3 heterocycles. The molecule has 288 valence electrons. The Hall–Kier alpha value is -7.82. The summed E-state index contributed by atoms with van der Waals surface area (Å²) in [5.41, 5.74) is 13.8. The quantitative estimate of drug-likeness (QED) is 0.0907. The van der Waals surface area contributed by atoms with Crippen molar-refractivity contribution in [2.75, 3.05) is 9.80 Å². The number of benzene rings is 6. The van der Waals surface area contributed by atoms with Crippen molar-refractivity contribution in [3.63, 3.8) is 0 Å². The maximum Gasteiger partial charge on any atom is 0.278 e. The van der Waals surface area contributed by atoms with Gasteiger partial charge >= 0.3 is 0 Å². The lowest BCUT2D eigenvalue weighted by atomic mass is 10.1. The minimum atomic E-state index is 0.948. The molecule has 0 fully saturated rings. The number of anilines is 6. The van der Waals surface area contributed by atoms with E-state index in [9.17, 15) is 0 Å². The van der Waals surface area contributed by atoms with Crippen LogP contribution in [0.2, 0.25) is 0 Å². The summed E-state index contributed by atoms with van der Waals surface area (Å²) in [6, 6.07) is 68.4. The van der Waals surface area contributed by atoms with E-state index in [4.69, 9.17) is 0 Å². The van der Waals surface area contributed by atoms with Gasteiger partial charge in [-0.05, 0) is 95.1 Å². The van der Waals surface area contributed by atoms with Gasteiger partial charge in [0.1, 0.15) is 0 Å². The van der Waals surface area contributed by atoms with Crippen LogP contribution in [0.1, 0.15) is 22.3 Å². The molecular formula is C56H46N4+2. The fourth-order valence-electron chi connectivity index (χ4n) is 7.68. The first-order chi connectivity index (χ1) is 29.7. The van der Waals surface area contributed by atoms with Crippen molar-refractivity contribution in [2.24, 2.45) is 0 Å². The molecule has 1 aliphatic rings. The fourth-order valence-corrected chi connectivity index (χ4v) is 7.68. The summed E-state index contributed by atoms with van der Waals surface area (Å²) in [6.45, 7) is 1.90. The van der Waals surface area contributed by atoms with Crippen LogP contribution in [0.15, 0.2) is 231 Å². The predicted molar refractivity (Wildman–Crippen MR) is 251 cm³/mol. The standard InChI is InChI=1S/C56H46N4/c1-5-21-49(22-6-1)59(50-23-7-2-8-24-50)53-33-29-45(30-34-53)17-13-15-19-47-37-39-57-41-42-58-40-38-48(44-56(58)55(57)43-47)20-16-14-18-46-31-35-54(36-32-46)60(51-25-9-3-10-26-51)52-27-11-4-12-28-52/h1-40,43-44H,41-42H2/q+2. The van der Waals surface area contributed by atoms with E-state index in [1.165, 1.54) is 22.5 Å². The summed E-state index contributed by atoms with van der Waals surface area (Å²) < 4.78 is 4.71. The first-order valence-electron chi connectivity index (χ1n) is 20.5. The van der Waals surface area contributed by atoms with Gasteiger partial charge in [-0.1, -0.05) is 146 Å². The van der Waals surface area contributed by atoms with Crippen molar-refractivity contribution in [1.29, 1.82) is 0 Å². The van der Waals surface area contributed by atoms with Gasteiger partial charge in [0.2, 0.25) is 13.1 Å². The normalized spacial score (nSPS) is 12.3. The van der Waals surface area contributed by atoms with Crippen LogP contribution in [-0.4, -0.2) is 0 Å². The molecule has 4 nitrogen and oxygen atoms in total. The molecule has 0 saturated carbocycles. The summed E-state index contributed by atoms with van der Waals surface area (Å²) in [6.07, 6.45) is 21.6. The zero-order valence-corrected chi connectivity index (χ0v) is 33.5. The van der Waals surface area contributed by atoms with Crippen LogP contribution < -0.4 is 18.9 Å². The van der Waals surface area contributed by atoms with Crippen LogP contribution in [0.5, 0.6) is 0 Å². The maximum atomic E-state index is 2.35. The lowest BCUT2D eigenvalue weighted by Crippen LogP contribution is -2.53. The van der Waals surface area contributed by atoms with Crippen LogP contribution in [-0.2, 0) is 13.1 Å². The molecule has 2 aromatic heterocycles. The van der Waals surface area contributed by atoms with Gasteiger partial charge < -0.3 is 9.80 Å². The highest BCUT2D eigenvalue weighted by Gasteiger charge is 2.29. The fraction of sp³-hybridized carbons (Fsp3) is 0.0357. The number of allylic oxidation sites excluding steroid dienone is 4. The Kier molecular flexibility index (Phi) is 11.4. The highest BCUT2D eigenvalue weighted by molar-refractivity contribution is 5.78. The average molecular weight is 775 g/mol. The van der Waals surface area contributed by atoms with Crippen LogP contribution in [0.25, 0.3) is 35.7 Å². The molecule has 0 bridgehead atoms. The smallest absolute Gasteiger partial charge is 0.278 e. The van der Waals surface area contributed by atoms with Gasteiger partial charge in [0.25, 0.3) is 11.4 Å². The van der Waals surface area contributed by atoms with E-state index >= 15 is 0 Å². The van der Waals surface area contributed by atoms with E-state index in [2.05, 4.69) is 274 Å². The summed E-state index contributed by atoms with van der Waals surface area (Å²) in [7, 11) is 0. The number of aryl methyl sites for hydroxylation is 2. The third-order valence-electron chi connectivity index (χ3n) is 10.7. The third kappa shape index (κ3) is 8.84. The zero-order chi connectivity index (χ0) is 40.4. The summed E-state index contributed by atoms with van der Waals surface area (Å²) in [4.78, 5) is 4.56. The topological polar surface area (TPSA) is 14.2 Å². The molecule has 1 aliphatic heterocycles. The summed E-state index contributed by atoms with van der Waals surface area (Å²) in [5.74, 6) is 0. The van der Waals surface area contributed by atoms with Gasteiger partial charge in [-0.25, -0.2) is 0 Å². The maximum absolute atomic E-state index is 2.35. The van der Waals surface area contributed by atoms with Crippen molar-refractivity contribution in [3.05, 3.63) is 253 Å². The predicted octanol–water partition coefficient (Wildman–Crippen LogP) is 13.3. The minimum absolute atomic E-state index is 0.948. The monoisotopic (exact) mass is 774 g/mol. The van der Waals surface area contributed by atoms with Gasteiger partial charge in [0, 0.05) is 58.4 Å². The van der Waals surface area contributed by atoms with Gasteiger partial charge in [0.15, 0.2) is 12.4 Å². The molecule has 0 spiro atoms. The first kappa shape index (κ1) is 37.7. The van der Waals surface area contributed by atoms with Crippen molar-refractivity contribution >= 4 is 58.4 Å². The van der Waals surface area contributed by atoms with Crippen LogP contribution >= 0.6 is 0 Å². The minimum Gasteiger partial charge on any atom is -0.311 e. The SMILES string of the molecule is C(/C=C/c1cc[n+]2c(c1)-c1cc(/C=C/C=C/c3ccc(N(c4ccccc4)c4ccccc4)cc3)cc[n+]1CC2)=C\c1ccc(N(c2ccccc2)c2ccccc2)cc1. The number of hydrogen-bond donors (Lipinski definition) is 0. The number of pyridine rings is 2. The van der Waals surface area contributed by atoms with Gasteiger partial charge in [-0.2, -0.15) is 9.13 Å². The average Bonchev–Trinajstić information content (AvgIpc) is 3.32. The van der Waals surface area contributed by atoms with Crippen molar-refractivity contribution in [2.45, 2.75) is 13.1 Å². The highest BCUT2D eigenvalue weighted by atomic mass is 15.1. The third-order valence-corrected chi connectivity index (χ3v) is 10.7. The number of nitrogens with zero attached hydrogens (tertiary/aromatic N) is 4. The molecule has 0 atom stereocenters. The molecule has 8 aromatic rings. The number of aromatic nitrogens is 2. The second kappa shape index (κ2) is 18.2. The largest absolute Gasteiger partial charge is 0.311 e. The Balaban J connectivity index is 0.859. The van der Waals surface area contributed by atoms with E-state index in [-0.39, 0.29) is 0 Å². The summed E-state index contributed by atoms with van der Waals surface area (Å²) in [5, 5.41) is 0. The van der Waals surface area contributed by atoms with E-state index < -0.39 is 0 Å². The second-order valence-electron chi connectivity index (χ2n) is 14.7. The van der Waals surface area contributed by atoms with E-state index in [1.54, 1.807) is 0 Å². The van der Waals surface area contributed by atoms with Crippen molar-refractivity contribution < 1.29 is 9.13 Å². The van der Waals surface area contributed by atoms with E-state index in [0.29, 0.717) is 0 Å². The molecule has 0 radical (unpaired) electrons. The van der Waals surface area contributed by atoms with Crippen LogP contribution in [0.3, 0.4) is 0 Å². The van der Waals surface area contributed by atoms with Crippen molar-refractivity contribution in [3.8, 4) is 11.4 Å². The lowest BCUT2D eigenvalue weighted by Gasteiger charge is -2.25. The Bertz CT molecular complexity index is 2500. The number of fused-ring (bicyclic) bond motifs is 3. The van der Waals surface area contributed by atoms with E-state index in [0.717, 1.165) is 58.3 Å². The molecule has 0 amide bonds. The molecule has 0 unspecified atom stereocenters. The Morgan fingerprint density at radius 3 is 0.900 bits per heavy atom. The van der Waals surface area contributed by atoms with E-state index in [1.807, 2.05) is 0 Å². The second-order valence-corrected chi connectivity index (χ2v) is 14.7. The zero-order valence-electron chi connectivity index (χ0n) is 33.5. The Labute approximate surface area is 353 Å². The lowest BCUT2D eigenvalue weighted by molar-refractivity contribution is -0.794. The van der Waals surface area contributed by atoms with Crippen LogP contribution in [0, 0.1) is 0 Å². The first-order valence-corrected chi connectivity index (χ1v) is 20.5. The molecule has 0 saturated heterocycles. The van der Waals surface area contributed by atoms with Gasteiger partial charge in [-0.15, -0.1) is 0 Å². The van der Waals surface area contributed by atoms with Gasteiger partial charge in [-0.3, -0.25) is 0 Å². The molecule has 0 aliphatic carbocycles. The molecule has 0 N–H and O–H groups in total. The molecular weight excluding hydrogens is 729 g/mol. The summed E-state index contributed by atoms with van der Waals surface area (Å²) >= 11 is 0. The number of rotatable bonds is 12. The molecule has 9 rings (SSSR count).